The minimum atomic E-state index is -4.28. The van der Waals surface area contributed by atoms with Crippen LogP contribution in [0, 0.1) is 11.8 Å². The Bertz CT molecular complexity index is 659. The molecule has 3 N–H and O–H groups in total. The summed E-state index contributed by atoms with van der Waals surface area (Å²) < 4.78 is 38.5. The molecule has 0 radical (unpaired) electrons. The zero-order valence-electron chi connectivity index (χ0n) is 16.0. The summed E-state index contributed by atoms with van der Waals surface area (Å²) in [7, 11) is 0. The Hall–Kier alpha value is -2.01. The molecule has 0 aromatic heterocycles. The van der Waals surface area contributed by atoms with Gasteiger partial charge in [-0.2, -0.15) is 13.2 Å². The Kier molecular flexibility index (Phi) is 7.72. The van der Waals surface area contributed by atoms with Crippen LogP contribution in [0.15, 0.2) is 54.6 Å². The molecule has 2 aromatic carbocycles. The van der Waals surface area contributed by atoms with Gasteiger partial charge in [0.2, 0.25) is 0 Å². The van der Waals surface area contributed by atoms with Crippen LogP contribution >= 0.6 is 0 Å². The third-order valence-corrected chi connectivity index (χ3v) is 5.23. The fourth-order valence-electron chi connectivity index (χ4n) is 3.30. The summed E-state index contributed by atoms with van der Waals surface area (Å²) in [4.78, 5) is 0. The lowest BCUT2D eigenvalue weighted by molar-refractivity contribution is -0.137. The van der Waals surface area contributed by atoms with Crippen molar-refractivity contribution in [1.29, 1.82) is 0 Å². The minimum absolute atomic E-state index is 0.133. The van der Waals surface area contributed by atoms with Gasteiger partial charge in [-0.1, -0.05) is 50.2 Å². The van der Waals surface area contributed by atoms with E-state index in [-0.39, 0.29) is 5.92 Å². The maximum atomic E-state index is 12.8. The number of alkyl halides is 3. The van der Waals surface area contributed by atoms with Gasteiger partial charge in [0.25, 0.3) is 0 Å². The van der Waals surface area contributed by atoms with Gasteiger partial charge in [-0.05, 0) is 60.9 Å². The Morgan fingerprint density at radius 1 is 1.11 bits per heavy atom. The summed E-state index contributed by atoms with van der Waals surface area (Å²) in [5, 5.41) is 3.26. The zero-order valence-corrected chi connectivity index (χ0v) is 16.0. The molecule has 0 saturated carbocycles. The van der Waals surface area contributed by atoms with Crippen LogP contribution in [0.25, 0.3) is 0 Å². The number of fused-ring (bicyclic) bond motifs is 1. The van der Waals surface area contributed by atoms with Crippen LogP contribution < -0.4 is 11.1 Å². The van der Waals surface area contributed by atoms with Crippen LogP contribution in [-0.4, -0.2) is 13.1 Å². The van der Waals surface area contributed by atoms with Crippen molar-refractivity contribution in [2.24, 2.45) is 17.6 Å². The van der Waals surface area contributed by atoms with Crippen molar-refractivity contribution in [3.05, 3.63) is 65.7 Å². The van der Waals surface area contributed by atoms with Crippen molar-refractivity contribution in [3.63, 3.8) is 0 Å². The molecule has 0 aliphatic carbocycles. The fraction of sp³-hybridized carbons (Fsp3) is 0.455. The third-order valence-electron chi connectivity index (χ3n) is 5.23. The molecule has 1 aliphatic heterocycles. The molecule has 0 fully saturated rings. The highest BCUT2D eigenvalue weighted by Gasteiger charge is 2.33. The minimum Gasteiger partial charge on any atom is -0.385 e. The largest absolute Gasteiger partial charge is 0.416 e. The van der Waals surface area contributed by atoms with Gasteiger partial charge in [0.05, 0.1) is 5.56 Å². The van der Waals surface area contributed by atoms with E-state index in [9.17, 15) is 13.2 Å². The first-order valence-electron chi connectivity index (χ1n) is 9.48. The average Bonchev–Trinajstić information content (AvgIpc) is 2.68. The van der Waals surface area contributed by atoms with E-state index in [1.165, 1.54) is 6.07 Å². The molecule has 2 aromatic rings. The Labute approximate surface area is 160 Å². The maximum absolute atomic E-state index is 12.8. The van der Waals surface area contributed by atoms with E-state index in [0.29, 0.717) is 18.4 Å². The van der Waals surface area contributed by atoms with Crippen LogP contribution in [0.2, 0.25) is 0 Å². The summed E-state index contributed by atoms with van der Waals surface area (Å²) >= 11 is 0. The van der Waals surface area contributed by atoms with Gasteiger partial charge in [0.1, 0.15) is 0 Å². The Balaban J connectivity index is 0.000000369. The molecule has 2 nitrogen and oxygen atoms in total. The summed E-state index contributed by atoms with van der Waals surface area (Å²) in [5.41, 5.74) is 6.67. The van der Waals surface area contributed by atoms with Crippen molar-refractivity contribution < 1.29 is 13.2 Å². The number of nitrogens with one attached hydrogen (secondary N) is 1. The Morgan fingerprint density at radius 3 is 2.22 bits per heavy atom. The van der Waals surface area contributed by atoms with E-state index in [1.54, 1.807) is 6.07 Å². The number of hydrogen-bond donors (Lipinski definition) is 2. The van der Waals surface area contributed by atoms with Gasteiger partial charge in [-0.15, -0.1) is 0 Å². The van der Waals surface area contributed by atoms with Crippen LogP contribution in [0.5, 0.6) is 0 Å². The summed E-state index contributed by atoms with van der Waals surface area (Å²) in [6.45, 7) is 5.61. The number of benzene rings is 2. The molecule has 27 heavy (non-hydrogen) atoms. The third kappa shape index (κ3) is 6.28. The predicted octanol–water partition coefficient (Wildman–Crippen LogP) is 5.91. The maximum Gasteiger partial charge on any atom is 0.416 e. The van der Waals surface area contributed by atoms with Crippen molar-refractivity contribution in [2.75, 3.05) is 18.4 Å². The van der Waals surface area contributed by atoms with Crippen molar-refractivity contribution in [1.82, 2.24) is 0 Å². The molecule has 148 valence electrons. The molecule has 0 saturated heterocycles. The first kappa shape index (κ1) is 21.3. The molecular weight excluding hydrogens is 349 g/mol. The number of anilines is 1. The topological polar surface area (TPSA) is 38.0 Å². The zero-order chi connectivity index (χ0) is 19.9. The molecule has 1 aliphatic rings. The van der Waals surface area contributed by atoms with E-state index < -0.39 is 11.7 Å². The lowest BCUT2D eigenvalue weighted by atomic mass is 9.79. The van der Waals surface area contributed by atoms with Gasteiger partial charge in [-0.25, -0.2) is 0 Å². The van der Waals surface area contributed by atoms with E-state index >= 15 is 0 Å². The molecule has 0 amide bonds. The van der Waals surface area contributed by atoms with Crippen LogP contribution in [0.3, 0.4) is 0 Å². The quantitative estimate of drug-likeness (QED) is 0.694. The van der Waals surface area contributed by atoms with Crippen molar-refractivity contribution in [2.45, 2.75) is 38.8 Å². The van der Waals surface area contributed by atoms with Crippen LogP contribution in [0.1, 0.15) is 43.7 Å². The SMILES string of the molecule is CC(CN)CCC1CNc2ccc(C(F)(F)F)cc2C1C.c1ccccc1. The second-order valence-electron chi connectivity index (χ2n) is 7.30. The predicted molar refractivity (Wildman–Crippen MR) is 106 cm³/mol. The highest BCUT2D eigenvalue weighted by molar-refractivity contribution is 5.56. The second-order valence-corrected chi connectivity index (χ2v) is 7.30. The number of halogens is 3. The fourth-order valence-corrected chi connectivity index (χ4v) is 3.30. The average molecular weight is 378 g/mol. The van der Waals surface area contributed by atoms with Crippen molar-refractivity contribution >= 4 is 5.69 Å². The van der Waals surface area contributed by atoms with E-state index in [4.69, 9.17) is 5.73 Å². The number of rotatable bonds is 4. The molecule has 3 atom stereocenters. The molecule has 5 heteroatoms. The monoisotopic (exact) mass is 378 g/mol. The molecule has 3 unspecified atom stereocenters. The lowest BCUT2D eigenvalue weighted by Gasteiger charge is -2.33. The van der Waals surface area contributed by atoms with Crippen LogP contribution in [-0.2, 0) is 6.18 Å². The standard InChI is InChI=1S/C16H23F3N2.C6H6/c1-10(8-20)3-4-12-9-21-15-6-5-13(16(17,18)19)7-14(15)11(12)2;1-2-4-6-5-3-1/h5-7,10-12,21H,3-4,8-9,20H2,1-2H3;1-6H. The van der Waals surface area contributed by atoms with Gasteiger partial charge >= 0.3 is 6.18 Å². The molecule has 3 rings (SSSR count). The summed E-state index contributed by atoms with van der Waals surface area (Å²) in [5.74, 6) is 0.948. The summed E-state index contributed by atoms with van der Waals surface area (Å²) in [6.07, 6.45) is -2.28. The lowest BCUT2D eigenvalue weighted by Crippen LogP contribution is -2.27. The Morgan fingerprint density at radius 2 is 1.70 bits per heavy atom. The van der Waals surface area contributed by atoms with E-state index in [2.05, 4.69) is 12.2 Å². The molecular formula is C22H29F3N2. The highest BCUT2D eigenvalue weighted by Crippen LogP contribution is 2.40. The molecule has 0 spiro atoms. The molecule has 0 bridgehead atoms. The van der Waals surface area contributed by atoms with Gasteiger partial charge in [0.15, 0.2) is 0 Å². The first-order valence-corrected chi connectivity index (χ1v) is 9.48. The van der Waals surface area contributed by atoms with Gasteiger partial charge in [0, 0.05) is 12.2 Å². The van der Waals surface area contributed by atoms with E-state index in [1.807, 2.05) is 43.3 Å². The summed E-state index contributed by atoms with van der Waals surface area (Å²) in [6, 6.07) is 16.0. The second kappa shape index (κ2) is 9.79. The van der Waals surface area contributed by atoms with Crippen LogP contribution in [0.4, 0.5) is 18.9 Å². The number of hydrogen-bond acceptors (Lipinski definition) is 2. The van der Waals surface area contributed by atoms with E-state index in [0.717, 1.165) is 36.7 Å². The smallest absolute Gasteiger partial charge is 0.385 e. The first-order chi connectivity index (χ1) is 12.8. The molecule has 1 heterocycles. The normalized spacial score (nSPS) is 19.9. The van der Waals surface area contributed by atoms with Crippen molar-refractivity contribution in [3.8, 4) is 0 Å². The highest BCUT2D eigenvalue weighted by atomic mass is 19.4. The van der Waals surface area contributed by atoms with Gasteiger partial charge in [-0.3, -0.25) is 0 Å². The number of nitrogens with two attached hydrogens (primary N) is 1. The van der Waals surface area contributed by atoms with Gasteiger partial charge < -0.3 is 11.1 Å².